The van der Waals surface area contributed by atoms with Gasteiger partial charge in [-0.15, -0.1) is 0 Å². The highest BCUT2D eigenvalue weighted by atomic mass is 79.9. The van der Waals surface area contributed by atoms with Crippen LogP contribution in [0.2, 0.25) is 85.3 Å². The second-order valence-corrected chi connectivity index (χ2v) is 45.7. The molecule has 7 rings (SSSR count). The second kappa shape index (κ2) is 47.1. The average Bonchev–Trinajstić information content (AvgIpc) is 0.820. The quantitative estimate of drug-likeness (QED) is 0.0160. The number of alkyl halides is 1. The summed E-state index contributed by atoms with van der Waals surface area (Å²) in [7, 11) is 1.58. The molecule has 31 heteroatoms. The molecule has 0 unspecified atom stereocenters. The number of amides is 2. The minimum Gasteiger partial charge on any atom is -0.497 e. The van der Waals surface area contributed by atoms with Gasteiger partial charge in [0.15, 0.2) is 25.0 Å². The minimum atomic E-state index is -1.94. The molecule has 3 heterocycles. The van der Waals surface area contributed by atoms with Gasteiger partial charge in [-0.25, -0.2) is 29.9 Å². The summed E-state index contributed by atoms with van der Waals surface area (Å²) >= 11 is 43.7. The maximum atomic E-state index is 13.3. The minimum absolute atomic E-state index is 0.0207. The summed E-state index contributed by atoms with van der Waals surface area (Å²) in [6.07, 6.45) is 7.00. The molecule has 0 aliphatic heterocycles. The van der Waals surface area contributed by atoms with Gasteiger partial charge < -0.3 is 52.9 Å². The van der Waals surface area contributed by atoms with E-state index < -0.39 is 36.1 Å². The molecular formula is C74H105BrCl7N9O11Si3. The Labute approximate surface area is 668 Å². The van der Waals surface area contributed by atoms with Crippen LogP contribution in [0.4, 0.5) is 0 Å². The molecule has 20 nitrogen and oxygen atoms in total. The number of carbonyl (C=O) groups excluding carboxylic acids is 3. The molecule has 0 bridgehead atoms. The molecular weight excluding hydrogens is 1600 g/mol. The number of aromatic nitrogens is 6. The number of halogens is 8. The first kappa shape index (κ1) is 96.0. The van der Waals surface area contributed by atoms with E-state index in [4.69, 9.17) is 119 Å². The van der Waals surface area contributed by atoms with Crippen LogP contribution in [0.5, 0.6) is 23.0 Å². The third-order valence-corrected chi connectivity index (χ3v) is 33.4. The summed E-state index contributed by atoms with van der Waals surface area (Å²) in [5.41, 5.74) is 9.78. The monoisotopic (exact) mass is 1700 g/mol. The number of benzene rings is 4. The van der Waals surface area contributed by atoms with Crippen LogP contribution in [0.3, 0.4) is 0 Å². The van der Waals surface area contributed by atoms with Crippen LogP contribution >= 0.6 is 97.1 Å². The van der Waals surface area contributed by atoms with Crippen molar-refractivity contribution in [3.05, 3.63) is 186 Å². The van der Waals surface area contributed by atoms with Gasteiger partial charge in [-0.3, -0.25) is 14.4 Å². The zero-order chi connectivity index (χ0) is 79.5. The Kier molecular flexibility index (Phi) is 43.0. The molecule has 0 aliphatic carbocycles. The lowest BCUT2D eigenvalue weighted by molar-refractivity contribution is 0.0703. The van der Waals surface area contributed by atoms with E-state index in [0.29, 0.717) is 36.3 Å². The number of hydrogen-bond donors (Lipinski definition) is 2. The first-order chi connectivity index (χ1) is 49.1. The lowest BCUT2D eigenvalue weighted by atomic mass is 10.1. The van der Waals surface area contributed by atoms with E-state index in [9.17, 15) is 19.5 Å². The van der Waals surface area contributed by atoms with Gasteiger partial charge in [0, 0.05) is 51.3 Å². The standard InChI is InChI=1S/C21H29Cl2N3O3Si.C17H30O2Si.C15H15Cl2N3O3.C8H19BrOSi.C8H11NO.C5HCl3N2O/c1-21(2,3)30(5,6)29-12-11-26(13-15-7-9-16(28-4)10-8-15)20(27)17-18(22)24-14-25-19(17)23;1-17(2,3)20(5,6)19-14-8-7-9-15-10-12-16(18-4)13-11-15;1-23-11-4-2-10(3-5-11)8-20(6-7-21)15(22)12-13(16)18-9-19-14(12)17;1-8(2,3)11(4,5)10-7-6-9;1-10-8-4-2-7(6-9)3-5-8;6-3-2(5(8)11)4(7)10-1-9-3/h7-10,14H,11-13H2,1-6H3;10-13H,7-9,14H2,1-6H3;2-5,9,21H,6-8H2,1H3;6-7H2,1-5H3;2-5H,6,9H2,1H3;1H. The van der Waals surface area contributed by atoms with Gasteiger partial charge in [0.05, 0.1) is 41.7 Å². The van der Waals surface area contributed by atoms with Crippen LogP contribution in [-0.4, -0.2) is 160 Å². The number of carbonyl (C=O) groups is 3. The molecule has 0 radical (unpaired) electrons. The third kappa shape index (κ3) is 33.7. The average molecular weight is 1710 g/mol. The smallest absolute Gasteiger partial charge is 0.260 e. The number of nitrogens with two attached hydrogens (primary N) is 1. The van der Waals surface area contributed by atoms with E-state index in [1.165, 1.54) is 29.5 Å². The van der Waals surface area contributed by atoms with E-state index in [1.54, 1.807) is 45.5 Å². The predicted molar refractivity (Wildman–Crippen MR) is 439 cm³/mol. The summed E-state index contributed by atoms with van der Waals surface area (Å²) < 4.78 is 38.7. The number of unbranched alkanes of at least 4 members (excludes halogenated alkanes) is 1. The number of aliphatic hydroxyl groups is 1. The van der Waals surface area contributed by atoms with Crippen LogP contribution in [-0.2, 0) is 39.3 Å². The van der Waals surface area contributed by atoms with Crippen molar-refractivity contribution in [2.75, 3.05) is 73.3 Å². The van der Waals surface area contributed by atoms with Crippen LogP contribution in [0, 0.1) is 0 Å². The van der Waals surface area contributed by atoms with E-state index in [1.807, 2.05) is 72.8 Å². The number of methoxy groups -OCH3 is 4. The Hall–Kier alpha value is -5.11. The van der Waals surface area contributed by atoms with Crippen LogP contribution in [0.15, 0.2) is 116 Å². The topological polar surface area (TPSA) is 246 Å². The summed E-state index contributed by atoms with van der Waals surface area (Å²) in [5.74, 6) is 2.50. The van der Waals surface area contributed by atoms with Crippen molar-refractivity contribution < 1.29 is 51.7 Å². The molecule has 3 N–H and O–H groups in total. The van der Waals surface area contributed by atoms with E-state index in [-0.39, 0.29) is 78.3 Å². The molecule has 0 fully saturated rings. The highest BCUT2D eigenvalue weighted by Gasteiger charge is 2.39. The number of aliphatic hydroxyl groups excluding tert-OH is 1. The molecule has 580 valence electrons. The fourth-order valence-electron chi connectivity index (χ4n) is 8.06. The van der Waals surface area contributed by atoms with Crippen LogP contribution in [0.1, 0.15) is 128 Å². The molecule has 0 saturated heterocycles. The summed E-state index contributed by atoms with van der Waals surface area (Å²) in [6.45, 7) is 37.4. The number of nitrogens with zero attached hydrogens (tertiary/aromatic N) is 8. The normalized spacial score (nSPS) is 11.4. The largest absolute Gasteiger partial charge is 0.497 e. The van der Waals surface area contributed by atoms with Gasteiger partial charge >= 0.3 is 0 Å². The van der Waals surface area contributed by atoms with Gasteiger partial charge in [-0.05, 0) is 156 Å². The van der Waals surface area contributed by atoms with Crippen molar-refractivity contribution in [2.24, 2.45) is 5.73 Å². The van der Waals surface area contributed by atoms with Crippen molar-refractivity contribution in [3.63, 3.8) is 0 Å². The predicted octanol–water partition coefficient (Wildman–Crippen LogP) is 19.6. The first-order valence-corrected chi connectivity index (χ1v) is 46.1. The van der Waals surface area contributed by atoms with Gasteiger partial charge in [-0.1, -0.05) is 196 Å². The van der Waals surface area contributed by atoms with Crippen LogP contribution in [0.25, 0.3) is 0 Å². The molecule has 0 atom stereocenters. The molecule has 0 aliphatic rings. The van der Waals surface area contributed by atoms with E-state index in [2.05, 4.69) is 160 Å². The zero-order valence-electron chi connectivity index (χ0n) is 63.9. The van der Waals surface area contributed by atoms with Crippen LogP contribution < -0.4 is 24.7 Å². The number of ether oxygens (including phenoxy) is 4. The molecule has 4 aromatic carbocycles. The summed E-state index contributed by atoms with van der Waals surface area (Å²) in [5, 5.41) is 10.1. The Morgan fingerprint density at radius 1 is 0.438 bits per heavy atom. The van der Waals surface area contributed by atoms with E-state index >= 15 is 0 Å². The molecule has 2 amide bonds. The lowest BCUT2D eigenvalue weighted by Crippen LogP contribution is -2.43. The lowest BCUT2D eigenvalue weighted by Gasteiger charge is -2.37. The maximum Gasteiger partial charge on any atom is 0.260 e. The van der Waals surface area contributed by atoms with Gasteiger partial charge in [0.2, 0.25) is 0 Å². The zero-order valence-corrected chi connectivity index (χ0v) is 73.7. The second-order valence-electron chi connectivity index (χ2n) is 28.0. The fourth-order valence-corrected chi connectivity index (χ4v) is 13.4. The van der Waals surface area contributed by atoms with Crippen molar-refractivity contribution >= 4 is 139 Å². The van der Waals surface area contributed by atoms with E-state index in [0.717, 1.165) is 77.4 Å². The Bertz CT molecular complexity index is 3650. The number of hydrogen-bond acceptors (Lipinski definition) is 18. The summed E-state index contributed by atoms with van der Waals surface area (Å²) in [4.78, 5) is 62.0. The van der Waals surface area contributed by atoms with Gasteiger partial charge in [-0.2, -0.15) is 0 Å². The number of rotatable bonds is 27. The Balaban J connectivity index is 0.000000449. The van der Waals surface area contributed by atoms with Crippen molar-refractivity contribution in [1.82, 2.24) is 39.7 Å². The molecule has 3 aromatic heterocycles. The molecule has 105 heavy (non-hydrogen) atoms. The highest BCUT2D eigenvalue weighted by molar-refractivity contribution is 9.09. The van der Waals surface area contributed by atoms with Gasteiger partial charge in [0.25, 0.3) is 17.1 Å². The van der Waals surface area contributed by atoms with Gasteiger partial charge in [0.1, 0.15) is 89.6 Å². The van der Waals surface area contributed by atoms with Crippen molar-refractivity contribution in [1.29, 1.82) is 0 Å². The van der Waals surface area contributed by atoms with Crippen molar-refractivity contribution in [2.45, 2.75) is 156 Å². The third-order valence-electron chi connectivity index (χ3n) is 17.6. The highest BCUT2D eigenvalue weighted by Crippen LogP contribution is 2.39. The number of aryl methyl sites for hydroxylation is 1. The SMILES string of the molecule is CC(C)(C)[Si](C)(C)OCCBr.COc1ccc(CCCCO[Si](C)(C)C(C)(C)C)cc1.COc1ccc(CN(CCO)C(=O)c2c(Cl)ncnc2Cl)cc1.COc1ccc(CN(CCO[Si](C)(C)C(C)(C)C)C(=O)c2c(Cl)ncnc2Cl)cc1.COc1ccc(CN)cc1.O=C(Cl)c1c(Cl)ncnc1Cl. The fraction of sp³-hybridized carbons (Fsp3) is 0.473. The maximum absolute atomic E-state index is 13.3. The van der Waals surface area contributed by atoms with Crippen molar-refractivity contribution in [3.8, 4) is 23.0 Å². The molecule has 7 aromatic rings. The Morgan fingerprint density at radius 2 is 0.724 bits per heavy atom. The first-order valence-electron chi connectivity index (χ1n) is 33.7. The molecule has 0 saturated carbocycles. The molecule has 0 spiro atoms. The summed E-state index contributed by atoms with van der Waals surface area (Å²) in [6, 6.07) is 30.9. The Morgan fingerprint density at radius 3 is 1.00 bits per heavy atom.